The first kappa shape index (κ1) is 37.2. The second-order valence-electron chi connectivity index (χ2n) is 18.7. The lowest BCUT2D eigenvalue weighted by Crippen LogP contribution is -2.25. The van der Waals surface area contributed by atoms with Crippen molar-refractivity contribution >= 4 is 39.0 Å². The van der Waals surface area contributed by atoms with Gasteiger partial charge in [0, 0.05) is 27.7 Å². The van der Waals surface area contributed by atoms with Crippen LogP contribution in [-0.2, 0) is 10.8 Å². The number of para-hydroxylation sites is 1. The van der Waals surface area contributed by atoms with E-state index < -0.39 is 5.41 Å². The average Bonchev–Trinajstić information content (AvgIpc) is 4.07. The fourth-order valence-electron chi connectivity index (χ4n) is 12.3. The maximum Gasteiger partial charge on any atom is 0.145 e. The first-order chi connectivity index (χ1) is 32.5. The zero-order valence-corrected chi connectivity index (χ0v) is 36.7. The summed E-state index contributed by atoms with van der Waals surface area (Å²) in [5, 5.41) is 2.18. The molecule has 0 atom stereocenters. The van der Waals surface area contributed by atoms with E-state index in [2.05, 4.69) is 243 Å². The fraction of sp³-hybridized carbons (Fsp3) is 0.0625. The predicted octanol–water partition coefficient (Wildman–Crippen LogP) is 17.0. The van der Waals surface area contributed by atoms with E-state index in [9.17, 15) is 0 Å². The SMILES string of the molecule is CC1(C)c2ccccc2-c2cc(N(c3ccc(-c4ccccc4)cc3)c3ccc(-c4cccc5c4-c4ccccc4C54c5ccccc5-c5ccccc54)c4oc5ccccc5c34)ccc21. The molecular weight excluding hydrogens is 799 g/mol. The summed E-state index contributed by atoms with van der Waals surface area (Å²) in [4.78, 5) is 2.45. The molecule has 2 heteroatoms. The third-order valence-corrected chi connectivity index (χ3v) is 15.1. The number of anilines is 3. The quantitative estimate of drug-likeness (QED) is 0.172. The molecule has 1 spiro atoms. The molecule has 0 saturated carbocycles. The molecule has 310 valence electrons. The number of hydrogen-bond donors (Lipinski definition) is 0. The molecule has 0 amide bonds. The minimum absolute atomic E-state index is 0.0991. The van der Waals surface area contributed by atoms with Crippen LogP contribution in [0.15, 0.2) is 229 Å². The number of nitrogens with zero attached hydrogens (tertiary/aromatic N) is 1. The Bertz CT molecular complexity index is 3750. The van der Waals surface area contributed by atoms with Gasteiger partial charge in [-0.15, -0.1) is 0 Å². The van der Waals surface area contributed by atoms with Crippen molar-refractivity contribution in [2.45, 2.75) is 24.7 Å². The molecule has 0 aliphatic heterocycles. The molecular formula is C64H43NO. The van der Waals surface area contributed by atoms with Gasteiger partial charge in [-0.25, -0.2) is 0 Å². The van der Waals surface area contributed by atoms with Crippen molar-refractivity contribution in [2.24, 2.45) is 0 Å². The minimum Gasteiger partial charge on any atom is -0.455 e. The maximum absolute atomic E-state index is 7.18. The lowest BCUT2D eigenvalue weighted by atomic mass is 9.70. The highest BCUT2D eigenvalue weighted by molar-refractivity contribution is 6.18. The Morgan fingerprint density at radius 3 is 1.62 bits per heavy atom. The highest BCUT2D eigenvalue weighted by Crippen LogP contribution is 2.64. The van der Waals surface area contributed by atoms with E-state index in [-0.39, 0.29) is 5.41 Å². The van der Waals surface area contributed by atoms with E-state index >= 15 is 0 Å². The van der Waals surface area contributed by atoms with Gasteiger partial charge in [-0.05, 0) is 126 Å². The smallest absolute Gasteiger partial charge is 0.145 e. The number of hydrogen-bond acceptors (Lipinski definition) is 2. The molecule has 0 fully saturated rings. The summed E-state index contributed by atoms with van der Waals surface area (Å²) in [5.74, 6) is 0. The molecule has 14 rings (SSSR count). The monoisotopic (exact) mass is 841 g/mol. The van der Waals surface area contributed by atoms with Crippen LogP contribution in [-0.4, -0.2) is 0 Å². The number of benzene rings is 10. The van der Waals surface area contributed by atoms with E-state index in [4.69, 9.17) is 4.42 Å². The van der Waals surface area contributed by atoms with Crippen LogP contribution in [0.5, 0.6) is 0 Å². The molecule has 11 aromatic rings. The van der Waals surface area contributed by atoms with E-state index in [1.54, 1.807) is 0 Å². The van der Waals surface area contributed by atoms with Crippen molar-refractivity contribution in [3.05, 3.63) is 258 Å². The molecule has 0 N–H and O–H groups in total. The van der Waals surface area contributed by atoms with Crippen molar-refractivity contribution in [2.75, 3.05) is 4.90 Å². The number of rotatable bonds is 5. The molecule has 0 bridgehead atoms. The normalized spacial score (nSPS) is 14.2. The molecule has 0 radical (unpaired) electrons. The Labute approximate surface area is 384 Å². The summed E-state index contributed by atoms with van der Waals surface area (Å²) in [6, 6.07) is 83.0. The maximum atomic E-state index is 7.18. The molecule has 3 aliphatic carbocycles. The lowest BCUT2D eigenvalue weighted by molar-refractivity contribution is 0.660. The van der Waals surface area contributed by atoms with Crippen LogP contribution in [0.1, 0.15) is 47.2 Å². The third kappa shape index (κ3) is 4.91. The van der Waals surface area contributed by atoms with Crippen LogP contribution < -0.4 is 4.90 Å². The van der Waals surface area contributed by atoms with Crippen LogP contribution in [0.4, 0.5) is 17.1 Å². The van der Waals surface area contributed by atoms with E-state index in [1.165, 1.54) is 83.5 Å². The topological polar surface area (TPSA) is 16.4 Å². The largest absolute Gasteiger partial charge is 0.455 e. The van der Waals surface area contributed by atoms with E-state index in [1.807, 2.05) is 0 Å². The summed E-state index contributed by atoms with van der Waals surface area (Å²) in [7, 11) is 0. The zero-order chi connectivity index (χ0) is 43.7. The van der Waals surface area contributed by atoms with Gasteiger partial charge in [0.15, 0.2) is 0 Å². The molecule has 2 nitrogen and oxygen atoms in total. The Morgan fingerprint density at radius 2 is 0.894 bits per heavy atom. The van der Waals surface area contributed by atoms with E-state index in [0.717, 1.165) is 44.6 Å². The van der Waals surface area contributed by atoms with Gasteiger partial charge in [-0.3, -0.25) is 0 Å². The second kappa shape index (κ2) is 13.7. The summed E-state index contributed by atoms with van der Waals surface area (Å²) in [5.41, 5.74) is 24.9. The van der Waals surface area contributed by atoms with Crippen molar-refractivity contribution in [1.29, 1.82) is 0 Å². The summed E-state index contributed by atoms with van der Waals surface area (Å²) in [6.07, 6.45) is 0. The van der Waals surface area contributed by atoms with E-state index in [0.29, 0.717) is 0 Å². The molecule has 66 heavy (non-hydrogen) atoms. The second-order valence-corrected chi connectivity index (χ2v) is 18.7. The highest BCUT2D eigenvalue weighted by Gasteiger charge is 2.52. The molecule has 10 aromatic carbocycles. The first-order valence-electron chi connectivity index (χ1n) is 23.1. The molecule has 3 aliphatic rings. The molecule has 1 aromatic heterocycles. The third-order valence-electron chi connectivity index (χ3n) is 15.1. The summed E-state index contributed by atoms with van der Waals surface area (Å²) < 4.78 is 7.18. The van der Waals surface area contributed by atoms with Crippen molar-refractivity contribution in [3.8, 4) is 55.6 Å². The van der Waals surface area contributed by atoms with Gasteiger partial charge in [0.25, 0.3) is 0 Å². The van der Waals surface area contributed by atoms with Crippen LogP contribution in [0.2, 0.25) is 0 Å². The van der Waals surface area contributed by atoms with Gasteiger partial charge >= 0.3 is 0 Å². The zero-order valence-electron chi connectivity index (χ0n) is 36.7. The van der Waals surface area contributed by atoms with Crippen molar-refractivity contribution in [1.82, 2.24) is 0 Å². The summed E-state index contributed by atoms with van der Waals surface area (Å²) in [6.45, 7) is 4.70. The Morgan fingerprint density at radius 1 is 0.364 bits per heavy atom. The van der Waals surface area contributed by atoms with Crippen LogP contribution in [0, 0.1) is 0 Å². The van der Waals surface area contributed by atoms with Gasteiger partial charge in [0.2, 0.25) is 0 Å². The standard InChI is InChI=1S/C64H43NO/c1-63(2)52-25-11-6-21-46(52)51-39-43(35-37-53(51)63)65(42-33-31-41(32-34-42)40-17-4-3-5-18-40)58-38-36-48(62-61(58)50-23-10-15-30-59(50)66-62)47-24-16-29-57-60(47)49-22-9-14-28-56(49)64(57)54-26-12-7-19-44(54)45-20-8-13-27-55(45)64/h3-39H,1-2H3. The number of furan rings is 1. The number of fused-ring (bicyclic) bond motifs is 16. The van der Waals surface area contributed by atoms with Crippen LogP contribution in [0.25, 0.3) is 77.6 Å². The van der Waals surface area contributed by atoms with Crippen molar-refractivity contribution < 1.29 is 4.42 Å². The van der Waals surface area contributed by atoms with Crippen molar-refractivity contribution in [3.63, 3.8) is 0 Å². The average molecular weight is 842 g/mol. The van der Waals surface area contributed by atoms with Crippen LogP contribution in [0.3, 0.4) is 0 Å². The minimum atomic E-state index is -0.439. The highest BCUT2D eigenvalue weighted by atomic mass is 16.3. The van der Waals surface area contributed by atoms with Gasteiger partial charge in [0.1, 0.15) is 11.2 Å². The van der Waals surface area contributed by atoms with Gasteiger partial charge in [-0.1, -0.05) is 196 Å². The van der Waals surface area contributed by atoms with Gasteiger partial charge in [0.05, 0.1) is 16.5 Å². The fourth-order valence-corrected chi connectivity index (χ4v) is 12.3. The Kier molecular flexibility index (Phi) is 7.70. The van der Waals surface area contributed by atoms with Gasteiger partial charge < -0.3 is 9.32 Å². The lowest BCUT2D eigenvalue weighted by Gasteiger charge is -2.30. The van der Waals surface area contributed by atoms with Gasteiger partial charge in [-0.2, -0.15) is 0 Å². The molecule has 0 saturated heterocycles. The Hall–Kier alpha value is -8.20. The molecule has 1 heterocycles. The predicted molar refractivity (Wildman–Crippen MR) is 273 cm³/mol. The Balaban J connectivity index is 1.03. The molecule has 0 unspecified atom stereocenters. The van der Waals surface area contributed by atoms with Crippen LogP contribution >= 0.6 is 0 Å². The first-order valence-corrected chi connectivity index (χ1v) is 23.1. The summed E-state index contributed by atoms with van der Waals surface area (Å²) >= 11 is 0.